The van der Waals surface area contributed by atoms with Crippen molar-refractivity contribution in [2.45, 2.75) is 26.3 Å². The third-order valence-electron chi connectivity index (χ3n) is 3.41. The SMILES string of the molecule is CCNC1CSCC1Cc1ccccc1C. The van der Waals surface area contributed by atoms with Gasteiger partial charge in [0, 0.05) is 11.8 Å². The van der Waals surface area contributed by atoms with Crippen LogP contribution in [-0.2, 0) is 6.42 Å². The predicted molar refractivity (Wildman–Crippen MR) is 73.2 cm³/mol. The number of benzene rings is 1. The van der Waals surface area contributed by atoms with Gasteiger partial charge in [-0.05, 0) is 42.7 Å². The highest BCUT2D eigenvalue weighted by molar-refractivity contribution is 7.99. The Kier molecular flexibility index (Phi) is 4.30. The van der Waals surface area contributed by atoms with E-state index >= 15 is 0 Å². The van der Waals surface area contributed by atoms with Gasteiger partial charge in [-0.25, -0.2) is 0 Å². The molecule has 0 saturated carbocycles. The lowest BCUT2D eigenvalue weighted by molar-refractivity contribution is 0.433. The summed E-state index contributed by atoms with van der Waals surface area (Å²) in [7, 11) is 0. The Morgan fingerprint density at radius 1 is 1.31 bits per heavy atom. The molecule has 1 nitrogen and oxygen atoms in total. The second-order valence-electron chi connectivity index (χ2n) is 4.59. The predicted octanol–water partition coefficient (Wildman–Crippen LogP) is 2.88. The van der Waals surface area contributed by atoms with Gasteiger partial charge < -0.3 is 5.32 Å². The zero-order chi connectivity index (χ0) is 11.4. The first kappa shape index (κ1) is 12.0. The number of aryl methyl sites for hydroxylation is 1. The van der Waals surface area contributed by atoms with Crippen molar-refractivity contribution in [2.24, 2.45) is 5.92 Å². The summed E-state index contributed by atoms with van der Waals surface area (Å²) < 4.78 is 0. The van der Waals surface area contributed by atoms with Gasteiger partial charge in [0.2, 0.25) is 0 Å². The molecule has 2 atom stereocenters. The van der Waals surface area contributed by atoms with E-state index in [1.807, 2.05) is 0 Å². The summed E-state index contributed by atoms with van der Waals surface area (Å²) in [6, 6.07) is 9.51. The minimum atomic E-state index is 0.717. The van der Waals surface area contributed by atoms with Gasteiger partial charge in [0.15, 0.2) is 0 Å². The van der Waals surface area contributed by atoms with Crippen molar-refractivity contribution in [3.63, 3.8) is 0 Å². The van der Waals surface area contributed by atoms with Gasteiger partial charge in [-0.3, -0.25) is 0 Å². The molecule has 2 heteroatoms. The quantitative estimate of drug-likeness (QED) is 0.861. The van der Waals surface area contributed by atoms with E-state index in [9.17, 15) is 0 Å². The van der Waals surface area contributed by atoms with E-state index in [1.54, 1.807) is 0 Å². The molecule has 1 heterocycles. The topological polar surface area (TPSA) is 12.0 Å². The molecule has 0 aliphatic carbocycles. The lowest BCUT2D eigenvalue weighted by atomic mass is 9.93. The summed E-state index contributed by atoms with van der Waals surface area (Å²) in [5.74, 6) is 3.40. The lowest BCUT2D eigenvalue weighted by Crippen LogP contribution is -2.36. The molecular weight excluding hydrogens is 214 g/mol. The molecule has 1 aromatic rings. The minimum Gasteiger partial charge on any atom is -0.313 e. The second-order valence-corrected chi connectivity index (χ2v) is 5.67. The number of thioether (sulfide) groups is 1. The number of hydrogen-bond donors (Lipinski definition) is 1. The molecule has 0 bridgehead atoms. The first-order valence-corrected chi connectivity index (χ1v) is 7.32. The maximum absolute atomic E-state index is 3.61. The van der Waals surface area contributed by atoms with E-state index < -0.39 is 0 Å². The third-order valence-corrected chi connectivity index (χ3v) is 4.67. The second kappa shape index (κ2) is 5.74. The first-order valence-electron chi connectivity index (χ1n) is 6.17. The summed E-state index contributed by atoms with van der Waals surface area (Å²) in [4.78, 5) is 0. The Morgan fingerprint density at radius 3 is 2.88 bits per heavy atom. The highest BCUT2D eigenvalue weighted by Gasteiger charge is 2.27. The Hall–Kier alpha value is -0.470. The van der Waals surface area contributed by atoms with Crippen LogP contribution >= 0.6 is 11.8 Å². The van der Waals surface area contributed by atoms with Crippen LogP contribution < -0.4 is 5.32 Å². The molecule has 0 spiro atoms. The standard InChI is InChI=1S/C14H21NS/c1-3-15-14-10-16-9-13(14)8-12-7-5-4-6-11(12)2/h4-7,13-15H,3,8-10H2,1-2H3. The maximum Gasteiger partial charge on any atom is 0.0197 e. The fourth-order valence-electron chi connectivity index (χ4n) is 2.41. The van der Waals surface area contributed by atoms with Gasteiger partial charge in [0.05, 0.1) is 0 Å². The molecule has 2 unspecified atom stereocenters. The van der Waals surface area contributed by atoms with Crippen molar-refractivity contribution in [3.8, 4) is 0 Å². The molecule has 0 amide bonds. The van der Waals surface area contributed by atoms with Crippen LogP contribution in [-0.4, -0.2) is 24.1 Å². The summed E-state index contributed by atoms with van der Waals surface area (Å²) in [6.45, 7) is 5.52. The summed E-state index contributed by atoms with van der Waals surface area (Å²) in [6.07, 6.45) is 1.23. The van der Waals surface area contributed by atoms with Gasteiger partial charge in [0.25, 0.3) is 0 Å². The highest BCUT2D eigenvalue weighted by Crippen LogP contribution is 2.28. The lowest BCUT2D eigenvalue weighted by Gasteiger charge is -2.20. The summed E-state index contributed by atoms with van der Waals surface area (Å²) >= 11 is 2.09. The Balaban J connectivity index is 2.01. The van der Waals surface area contributed by atoms with E-state index in [0.29, 0.717) is 0 Å². The van der Waals surface area contributed by atoms with Gasteiger partial charge in [-0.2, -0.15) is 11.8 Å². The van der Waals surface area contributed by atoms with E-state index in [-0.39, 0.29) is 0 Å². The molecule has 1 N–H and O–H groups in total. The van der Waals surface area contributed by atoms with E-state index in [0.717, 1.165) is 18.5 Å². The van der Waals surface area contributed by atoms with Crippen LogP contribution in [0, 0.1) is 12.8 Å². The maximum atomic E-state index is 3.61. The van der Waals surface area contributed by atoms with Crippen LogP contribution in [0.5, 0.6) is 0 Å². The monoisotopic (exact) mass is 235 g/mol. The van der Waals surface area contributed by atoms with Gasteiger partial charge in [-0.1, -0.05) is 31.2 Å². The van der Waals surface area contributed by atoms with Crippen molar-refractivity contribution in [1.82, 2.24) is 5.32 Å². The molecule has 1 saturated heterocycles. The van der Waals surface area contributed by atoms with E-state index in [2.05, 4.69) is 55.2 Å². The van der Waals surface area contributed by atoms with E-state index in [1.165, 1.54) is 29.1 Å². The molecule has 1 aromatic carbocycles. The zero-order valence-corrected chi connectivity index (χ0v) is 11.0. The van der Waals surface area contributed by atoms with Crippen molar-refractivity contribution >= 4 is 11.8 Å². The molecule has 16 heavy (non-hydrogen) atoms. The fourth-order valence-corrected chi connectivity index (χ4v) is 3.84. The molecular formula is C14H21NS. The molecule has 0 aromatic heterocycles. The summed E-state index contributed by atoms with van der Waals surface area (Å²) in [5.41, 5.74) is 2.97. The van der Waals surface area contributed by atoms with Gasteiger partial charge >= 0.3 is 0 Å². The molecule has 88 valence electrons. The van der Waals surface area contributed by atoms with Crippen LogP contribution in [0.4, 0.5) is 0 Å². The normalized spacial score (nSPS) is 24.9. The molecule has 1 aliphatic rings. The molecule has 2 rings (SSSR count). The fraction of sp³-hybridized carbons (Fsp3) is 0.571. The first-order chi connectivity index (χ1) is 7.81. The average molecular weight is 235 g/mol. The Bertz CT molecular complexity index is 337. The van der Waals surface area contributed by atoms with Gasteiger partial charge in [0.1, 0.15) is 0 Å². The smallest absolute Gasteiger partial charge is 0.0197 e. The van der Waals surface area contributed by atoms with Crippen molar-refractivity contribution in [2.75, 3.05) is 18.1 Å². The molecule has 1 fully saturated rings. The number of rotatable bonds is 4. The van der Waals surface area contributed by atoms with Crippen molar-refractivity contribution in [3.05, 3.63) is 35.4 Å². The molecule has 1 aliphatic heterocycles. The zero-order valence-electron chi connectivity index (χ0n) is 10.2. The Morgan fingerprint density at radius 2 is 2.12 bits per heavy atom. The van der Waals surface area contributed by atoms with Crippen molar-refractivity contribution < 1.29 is 0 Å². The van der Waals surface area contributed by atoms with Crippen LogP contribution in [0.15, 0.2) is 24.3 Å². The summed E-state index contributed by atoms with van der Waals surface area (Å²) in [5, 5.41) is 3.61. The largest absolute Gasteiger partial charge is 0.313 e. The number of hydrogen-bond acceptors (Lipinski definition) is 2. The molecule has 0 radical (unpaired) electrons. The van der Waals surface area contributed by atoms with Crippen LogP contribution in [0.3, 0.4) is 0 Å². The van der Waals surface area contributed by atoms with Crippen LogP contribution in [0.2, 0.25) is 0 Å². The highest BCUT2D eigenvalue weighted by atomic mass is 32.2. The van der Waals surface area contributed by atoms with Crippen molar-refractivity contribution in [1.29, 1.82) is 0 Å². The minimum absolute atomic E-state index is 0.717. The Labute approximate surface area is 103 Å². The van der Waals surface area contributed by atoms with E-state index in [4.69, 9.17) is 0 Å². The average Bonchev–Trinajstić information content (AvgIpc) is 2.70. The number of nitrogens with one attached hydrogen (secondary N) is 1. The third kappa shape index (κ3) is 2.80. The van der Waals surface area contributed by atoms with Gasteiger partial charge in [-0.15, -0.1) is 0 Å². The van der Waals surface area contributed by atoms with Crippen LogP contribution in [0.25, 0.3) is 0 Å². The van der Waals surface area contributed by atoms with Crippen LogP contribution in [0.1, 0.15) is 18.1 Å².